The summed E-state index contributed by atoms with van der Waals surface area (Å²) in [4.78, 5) is 0. The number of anilines is 2. The fraction of sp³-hybridized carbons (Fsp3) is 0.167. The lowest BCUT2D eigenvalue weighted by atomic mass is 10.1. The van der Waals surface area contributed by atoms with Crippen molar-refractivity contribution in [1.29, 1.82) is 0 Å². The van der Waals surface area contributed by atoms with E-state index in [0.29, 0.717) is 15.7 Å². The van der Waals surface area contributed by atoms with Gasteiger partial charge in [0.2, 0.25) is 0 Å². The molecular weight excluding hydrogens is 304 g/mol. The summed E-state index contributed by atoms with van der Waals surface area (Å²) in [6.07, 6.45) is 0. The van der Waals surface area contributed by atoms with Gasteiger partial charge in [0.1, 0.15) is 4.21 Å². The van der Waals surface area contributed by atoms with Crippen LogP contribution in [0.3, 0.4) is 0 Å². The standard InChI is InChI=1S/C12H13ClN2O2S2/c1-7-6-10(8(2)5-9(7)14)15-19(16,17)12-4-3-11(13)18-12/h3-6,15H,14H2,1-2H3. The Morgan fingerprint density at radius 3 is 2.47 bits per heavy atom. The van der Waals surface area contributed by atoms with Crippen molar-refractivity contribution in [3.05, 3.63) is 39.7 Å². The Labute approximate surface area is 121 Å². The highest BCUT2D eigenvalue weighted by Crippen LogP contribution is 2.29. The van der Waals surface area contributed by atoms with Crippen LogP contribution in [-0.4, -0.2) is 8.42 Å². The van der Waals surface area contributed by atoms with Gasteiger partial charge in [-0.05, 0) is 49.2 Å². The monoisotopic (exact) mass is 316 g/mol. The molecule has 0 saturated heterocycles. The summed E-state index contributed by atoms with van der Waals surface area (Å²) < 4.78 is 27.5. The number of sulfonamides is 1. The number of halogens is 1. The molecule has 0 spiro atoms. The van der Waals surface area contributed by atoms with Gasteiger partial charge in [-0.15, -0.1) is 11.3 Å². The van der Waals surface area contributed by atoms with Crippen LogP contribution in [0.5, 0.6) is 0 Å². The fourth-order valence-corrected chi connectivity index (χ4v) is 4.19. The first-order chi connectivity index (χ1) is 8.79. The van der Waals surface area contributed by atoms with Crippen LogP contribution in [0.15, 0.2) is 28.5 Å². The third-order valence-corrected chi connectivity index (χ3v) is 5.76. The van der Waals surface area contributed by atoms with Gasteiger partial charge in [0.25, 0.3) is 10.0 Å². The summed E-state index contributed by atoms with van der Waals surface area (Å²) in [6.45, 7) is 3.63. The Morgan fingerprint density at radius 2 is 1.89 bits per heavy atom. The number of hydrogen-bond donors (Lipinski definition) is 2. The molecule has 0 aliphatic heterocycles. The molecule has 0 fully saturated rings. The lowest BCUT2D eigenvalue weighted by Crippen LogP contribution is -2.12. The molecule has 1 heterocycles. The molecule has 0 unspecified atom stereocenters. The molecule has 19 heavy (non-hydrogen) atoms. The van der Waals surface area contributed by atoms with Crippen LogP contribution in [0.4, 0.5) is 11.4 Å². The third kappa shape index (κ3) is 3.02. The molecule has 0 radical (unpaired) electrons. The zero-order chi connectivity index (χ0) is 14.2. The highest BCUT2D eigenvalue weighted by molar-refractivity contribution is 7.94. The van der Waals surface area contributed by atoms with Gasteiger partial charge in [0, 0.05) is 5.69 Å². The minimum Gasteiger partial charge on any atom is -0.399 e. The normalized spacial score (nSPS) is 11.5. The molecular formula is C12H13ClN2O2S2. The molecule has 0 bridgehead atoms. The molecule has 0 saturated carbocycles. The van der Waals surface area contributed by atoms with Crippen LogP contribution in [0.2, 0.25) is 4.34 Å². The van der Waals surface area contributed by atoms with Crippen molar-refractivity contribution >= 4 is 44.3 Å². The molecule has 3 N–H and O–H groups in total. The second-order valence-electron chi connectivity index (χ2n) is 4.19. The summed E-state index contributed by atoms with van der Waals surface area (Å²) in [5.41, 5.74) is 8.54. The topological polar surface area (TPSA) is 72.2 Å². The fourth-order valence-electron chi connectivity index (χ4n) is 1.59. The summed E-state index contributed by atoms with van der Waals surface area (Å²) >= 11 is 6.77. The quantitative estimate of drug-likeness (QED) is 0.852. The summed E-state index contributed by atoms with van der Waals surface area (Å²) in [5, 5.41) is 0. The second-order valence-corrected chi connectivity index (χ2v) is 7.81. The summed E-state index contributed by atoms with van der Waals surface area (Å²) in [7, 11) is -3.60. The third-order valence-electron chi connectivity index (χ3n) is 2.67. The maximum absolute atomic E-state index is 12.2. The summed E-state index contributed by atoms with van der Waals surface area (Å²) in [5.74, 6) is 0. The van der Waals surface area contributed by atoms with Gasteiger partial charge in [-0.2, -0.15) is 0 Å². The largest absolute Gasteiger partial charge is 0.399 e. The SMILES string of the molecule is Cc1cc(NS(=O)(=O)c2ccc(Cl)s2)c(C)cc1N. The van der Waals surface area contributed by atoms with Crippen LogP contribution in [0.1, 0.15) is 11.1 Å². The first kappa shape index (κ1) is 14.2. The molecule has 2 aromatic rings. The zero-order valence-corrected chi connectivity index (χ0v) is 12.8. The van der Waals surface area contributed by atoms with Gasteiger partial charge in [-0.3, -0.25) is 4.72 Å². The van der Waals surface area contributed by atoms with Gasteiger partial charge in [0.15, 0.2) is 0 Å². The van der Waals surface area contributed by atoms with Crippen molar-refractivity contribution in [1.82, 2.24) is 0 Å². The van der Waals surface area contributed by atoms with Crippen molar-refractivity contribution < 1.29 is 8.42 Å². The number of aryl methyl sites for hydroxylation is 2. The minimum atomic E-state index is -3.60. The van der Waals surface area contributed by atoms with Crippen molar-refractivity contribution in [3.63, 3.8) is 0 Å². The van der Waals surface area contributed by atoms with Gasteiger partial charge in [0.05, 0.1) is 10.0 Å². The Balaban J connectivity index is 2.38. The van der Waals surface area contributed by atoms with E-state index >= 15 is 0 Å². The zero-order valence-electron chi connectivity index (χ0n) is 10.4. The van der Waals surface area contributed by atoms with E-state index in [-0.39, 0.29) is 4.21 Å². The van der Waals surface area contributed by atoms with E-state index in [4.69, 9.17) is 17.3 Å². The molecule has 102 valence electrons. The Bertz CT molecular complexity index is 723. The molecule has 1 aromatic carbocycles. The van der Waals surface area contributed by atoms with Crippen molar-refractivity contribution in [3.8, 4) is 0 Å². The smallest absolute Gasteiger partial charge is 0.271 e. The van der Waals surface area contributed by atoms with Crippen molar-refractivity contribution in [2.75, 3.05) is 10.5 Å². The number of hydrogen-bond acceptors (Lipinski definition) is 4. The van der Waals surface area contributed by atoms with Crippen LogP contribution < -0.4 is 10.5 Å². The number of thiophene rings is 1. The average molecular weight is 317 g/mol. The Kier molecular flexibility index (Phi) is 3.75. The van der Waals surface area contributed by atoms with Crippen molar-refractivity contribution in [2.24, 2.45) is 0 Å². The van der Waals surface area contributed by atoms with Crippen LogP contribution in [0.25, 0.3) is 0 Å². The first-order valence-corrected chi connectivity index (χ1v) is 8.12. The number of benzene rings is 1. The molecule has 4 nitrogen and oxygen atoms in total. The number of nitrogen functional groups attached to an aromatic ring is 1. The van der Waals surface area contributed by atoms with E-state index in [1.165, 1.54) is 6.07 Å². The highest BCUT2D eigenvalue weighted by atomic mass is 35.5. The molecule has 1 aromatic heterocycles. The average Bonchev–Trinajstić information content (AvgIpc) is 2.73. The predicted octanol–water partition coefficient (Wildman–Crippen LogP) is 3.40. The maximum Gasteiger partial charge on any atom is 0.271 e. The maximum atomic E-state index is 12.2. The van der Waals surface area contributed by atoms with Gasteiger partial charge < -0.3 is 5.73 Å². The molecule has 7 heteroatoms. The van der Waals surface area contributed by atoms with Crippen molar-refractivity contribution in [2.45, 2.75) is 18.1 Å². The Morgan fingerprint density at radius 1 is 1.21 bits per heavy atom. The van der Waals surface area contributed by atoms with Crippen LogP contribution >= 0.6 is 22.9 Å². The van der Waals surface area contributed by atoms with Gasteiger partial charge in [-0.1, -0.05) is 11.6 Å². The highest BCUT2D eigenvalue weighted by Gasteiger charge is 2.18. The number of nitrogens with two attached hydrogens (primary N) is 1. The van der Waals surface area contributed by atoms with E-state index in [1.807, 2.05) is 6.92 Å². The molecule has 0 atom stereocenters. The van der Waals surface area contributed by atoms with E-state index in [1.54, 1.807) is 25.1 Å². The minimum absolute atomic E-state index is 0.186. The summed E-state index contributed by atoms with van der Waals surface area (Å²) in [6, 6.07) is 6.50. The Hall–Kier alpha value is -1.24. The molecule has 0 aliphatic rings. The second kappa shape index (κ2) is 5.03. The lowest BCUT2D eigenvalue weighted by molar-refractivity contribution is 0.603. The van der Waals surface area contributed by atoms with E-state index in [2.05, 4.69) is 4.72 Å². The van der Waals surface area contributed by atoms with E-state index in [9.17, 15) is 8.42 Å². The number of nitrogens with one attached hydrogen (secondary N) is 1. The van der Waals surface area contributed by atoms with E-state index < -0.39 is 10.0 Å². The van der Waals surface area contributed by atoms with Gasteiger partial charge >= 0.3 is 0 Å². The van der Waals surface area contributed by atoms with Gasteiger partial charge in [-0.25, -0.2) is 8.42 Å². The molecule has 2 rings (SSSR count). The van der Waals surface area contributed by atoms with E-state index in [0.717, 1.165) is 22.5 Å². The lowest BCUT2D eigenvalue weighted by Gasteiger charge is -2.11. The first-order valence-electron chi connectivity index (χ1n) is 5.44. The number of rotatable bonds is 3. The molecule has 0 amide bonds. The molecule has 0 aliphatic carbocycles. The predicted molar refractivity (Wildman–Crippen MR) is 80.5 cm³/mol. The van der Waals surface area contributed by atoms with Crippen LogP contribution in [-0.2, 0) is 10.0 Å². The van der Waals surface area contributed by atoms with Crippen LogP contribution in [0, 0.1) is 13.8 Å².